The first-order valence-electron chi connectivity index (χ1n) is 4.53. The normalized spacial score (nSPS) is 11.4. The van der Waals surface area contributed by atoms with E-state index in [0.29, 0.717) is 6.61 Å². The van der Waals surface area contributed by atoms with Crippen LogP contribution < -0.4 is 0 Å². The van der Waals surface area contributed by atoms with E-state index in [1.807, 2.05) is 31.2 Å². The highest BCUT2D eigenvalue weighted by molar-refractivity contribution is 5.99. The maximum atomic E-state index is 5.02. The van der Waals surface area contributed by atoms with Crippen molar-refractivity contribution in [2.75, 3.05) is 6.61 Å². The first-order chi connectivity index (χ1) is 6.38. The molecular weight excluding hydrogens is 162 g/mol. The van der Waals surface area contributed by atoms with Gasteiger partial charge in [-0.3, -0.25) is 0 Å². The van der Waals surface area contributed by atoms with Crippen LogP contribution in [0.15, 0.2) is 29.4 Å². The number of nitrogens with zero attached hydrogens (tertiary/aromatic N) is 1. The molecule has 0 aliphatic rings. The molecule has 69 valence electrons. The molecule has 0 fully saturated rings. The molecule has 0 saturated heterocycles. The Morgan fingerprint density at radius 2 is 2.08 bits per heavy atom. The molecule has 0 aliphatic heterocycles. The zero-order valence-electron chi connectivity index (χ0n) is 8.08. The van der Waals surface area contributed by atoms with Gasteiger partial charge < -0.3 is 4.84 Å². The van der Waals surface area contributed by atoms with E-state index in [0.717, 1.165) is 17.7 Å². The van der Waals surface area contributed by atoms with Gasteiger partial charge in [-0.2, -0.15) is 0 Å². The van der Waals surface area contributed by atoms with Crippen molar-refractivity contribution in [1.82, 2.24) is 0 Å². The lowest BCUT2D eigenvalue weighted by Crippen LogP contribution is -1.99. The fourth-order valence-corrected chi connectivity index (χ4v) is 1.04. The van der Waals surface area contributed by atoms with Gasteiger partial charge >= 0.3 is 0 Å². The maximum absolute atomic E-state index is 5.02. The van der Waals surface area contributed by atoms with Gasteiger partial charge in [0.05, 0.1) is 5.71 Å². The number of benzene rings is 1. The Morgan fingerprint density at radius 1 is 1.38 bits per heavy atom. The Balaban J connectivity index is 2.78. The summed E-state index contributed by atoms with van der Waals surface area (Å²) in [5.74, 6) is 0. The van der Waals surface area contributed by atoms with Gasteiger partial charge in [0, 0.05) is 0 Å². The predicted molar refractivity (Wildman–Crippen MR) is 53.7 cm³/mol. The first-order valence-corrected chi connectivity index (χ1v) is 4.53. The quantitative estimate of drug-likeness (QED) is 0.510. The van der Waals surface area contributed by atoms with E-state index in [1.165, 1.54) is 0 Å². The molecule has 0 aliphatic carbocycles. The van der Waals surface area contributed by atoms with Gasteiger partial charge in [-0.05, 0) is 25.0 Å². The molecule has 1 rings (SSSR count). The third-order valence-corrected chi connectivity index (χ3v) is 1.69. The lowest BCUT2D eigenvalue weighted by molar-refractivity contribution is 0.158. The molecule has 2 heteroatoms. The molecule has 0 saturated carbocycles. The van der Waals surface area contributed by atoms with E-state index < -0.39 is 0 Å². The van der Waals surface area contributed by atoms with Crippen molar-refractivity contribution in [3.8, 4) is 0 Å². The van der Waals surface area contributed by atoms with Crippen LogP contribution in [0.3, 0.4) is 0 Å². The van der Waals surface area contributed by atoms with Crippen LogP contribution in [0.5, 0.6) is 0 Å². The standard InChI is InChI=1S/C11H14NO/c1-3-11(12-13-4-2)10-8-6-5-7-9-10/h6-9H,3-4H2,1-2H3. The Hall–Kier alpha value is -1.31. The minimum absolute atomic E-state index is 0.614. The van der Waals surface area contributed by atoms with E-state index in [4.69, 9.17) is 4.84 Å². The molecule has 1 aromatic rings. The van der Waals surface area contributed by atoms with Gasteiger partial charge in [0.25, 0.3) is 0 Å². The summed E-state index contributed by atoms with van der Waals surface area (Å²) >= 11 is 0. The van der Waals surface area contributed by atoms with Crippen molar-refractivity contribution in [2.45, 2.75) is 20.3 Å². The molecule has 0 unspecified atom stereocenters. The Morgan fingerprint density at radius 3 is 2.62 bits per heavy atom. The second-order valence-corrected chi connectivity index (χ2v) is 2.60. The largest absolute Gasteiger partial charge is 0.396 e. The average molecular weight is 176 g/mol. The second-order valence-electron chi connectivity index (χ2n) is 2.60. The van der Waals surface area contributed by atoms with Gasteiger partial charge in [0.15, 0.2) is 0 Å². The van der Waals surface area contributed by atoms with Gasteiger partial charge in [0.2, 0.25) is 0 Å². The Labute approximate surface area is 79.2 Å². The van der Waals surface area contributed by atoms with Crippen molar-refractivity contribution in [3.05, 3.63) is 35.9 Å². The van der Waals surface area contributed by atoms with E-state index in [-0.39, 0.29) is 0 Å². The lowest BCUT2D eigenvalue weighted by Gasteiger charge is -2.02. The highest BCUT2D eigenvalue weighted by atomic mass is 16.6. The molecule has 0 N–H and O–H groups in total. The van der Waals surface area contributed by atoms with Gasteiger partial charge in [-0.1, -0.05) is 36.3 Å². The topological polar surface area (TPSA) is 21.6 Å². The van der Waals surface area contributed by atoms with Crippen LogP contribution >= 0.6 is 0 Å². The average Bonchev–Trinajstić information content (AvgIpc) is 2.21. The first kappa shape index (κ1) is 9.78. The van der Waals surface area contributed by atoms with Crippen LogP contribution in [0.1, 0.15) is 25.8 Å². The summed E-state index contributed by atoms with van der Waals surface area (Å²) in [6, 6.07) is 10.7. The Kier molecular flexibility index (Phi) is 4.03. The van der Waals surface area contributed by atoms with Crippen LogP contribution in [-0.4, -0.2) is 12.3 Å². The van der Waals surface area contributed by atoms with Crippen LogP contribution in [0.2, 0.25) is 0 Å². The molecule has 0 spiro atoms. The second kappa shape index (κ2) is 5.36. The minimum atomic E-state index is 0.614. The summed E-state index contributed by atoms with van der Waals surface area (Å²) in [4.78, 5) is 5.02. The summed E-state index contributed by atoms with van der Waals surface area (Å²) < 4.78 is 0. The van der Waals surface area contributed by atoms with E-state index in [2.05, 4.69) is 18.1 Å². The number of rotatable bonds is 4. The van der Waals surface area contributed by atoms with Crippen molar-refractivity contribution in [3.63, 3.8) is 0 Å². The van der Waals surface area contributed by atoms with Crippen LogP contribution in [0.4, 0.5) is 0 Å². The fourth-order valence-electron chi connectivity index (χ4n) is 1.04. The molecule has 0 bridgehead atoms. The summed E-state index contributed by atoms with van der Waals surface area (Å²) in [6.07, 6.45) is 0.879. The van der Waals surface area contributed by atoms with Crippen LogP contribution in [0.25, 0.3) is 0 Å². The highest BCUT2D eigenvalue weighted by Gasteiger charge is 1.99. The van der Waals surface area contributed by atoms with Crippen LogP contribution in [0, 0.1) is 6.07 Å². The molecular formula is C11H14NO. The summed E-state index contributed by atoms with van der Waals surface area (Å²) in [5.41, 5.74) is 2.09. The summed E-state index contributed by atoms with van der Waals surface area (Å²) in [6.45, 7) is 4.60. The maximum Gasteiger partial charge on any atom is 0.114 e. The van der Waals surface area contributed by atoms with E-state index in [1.54, 1.807) is 0 Å². The van der Waals surface area contributed by atoms with Crippen molar-refractivity contribution in [1.29, 1.82) is 0 Å². The Bertz CT molecular complexity index is 267. The predicted octanol–water partition coefficient (Wildman–Crippen LogP) is 2.64. The third-order valence-electron chi connectivity index (χ3n) is 1.69. The summed E-state index contributed by atoms with van der Waals surface area (Å²) in [5, 5.41) is 4.03. The fraction of sp³-hybridized carbons (Fsp3) is 0.364. The van der Waals surface area contributed by atoms with Gasteiger partial charge in [-0.25, -0.2) is 0 Å². The SMILES string of the molecule is CCON=C(CC)c1cc[c]cc1. The monoisotopic (exact) mass is 176 g/mol. The van der Waals surface area contributed by atoms with Crippen molar-refractivity contribution in [2.24, 2.45) is 5.16 Å². The van der Waals surface area contributed by atoms with Crippen molar-refractivity contribution >= 4 is 5.71 Å². The van der Waals surface area contributed by atoms with Gasteiger partial charge in [-0.15, -0.1) is 0 Å². The lowest BCUT2D eigenvalue weighted by atomic mass is 10.1. The molecule has 0 heterocycles. The number of hydrogen-bond acceptors (Lipinski definition) is 2. The van der Waals surface area contributed by atoms with Crippen LogP contribution in [-0.2, 0) is 4.84 Å². The molecule has 0 amide bonds. The third kappa shape index (κ3) is 2.90. The molecule has 0 atom stereocenters. The zero-order chi connectivity index (χ0) is 9.52. The molecule has 1 radical (unpaired) electrons. The van der Waals surface area contributed by atoms with E-state index >= 15 is 0 Å². The molecule has 1 aromatic carbocycles. The van der Waals surface area contributed by atoms with Gasteiger partial charge in [0.1, 0.15) is 6.61 Å². The molecule has 2 nitrogen and oxygen atoms in total. The highest BCUT2D eigenvalue weighted by Crippen LogP contribution is 2.04. The molecule has 0 aromatic heterocycles. The summed E-state index contributed by atoms with van der Waals surface area (Å²) in [7, 11) is 0. The van der Waals surface area contributed by atoms with Crippen molar-refractivity contribution < 1.29 is 4.84 Å². The minimum Gasteiger partial charge on any atom is -0.396 e. The number of oxime groups is 1. The molecule has 13 heavy (non-hydrogen) atoms. The smallest absolute Gasteiger partial charge is 0.114 e. The number of hydrogen-bond donors (Lipinski definition) is 0. The zero-order valence-corrected chi connectivity index (χ0v) is 8.08. The van der Waals surface area contributed by atoms with E-state index in [9.17, 15) is 0 Å².